The Bertz CT molecular complexity index is 367. The molecule has 1 aliphatic rings. The number of hydrogen-bond acceptors (Lipinski definition) is 3. The summed E-state index contributed by atoms with van der Waals surface area (Å²) in [5.41, 5.74) is 6.11. The third-order valence-corrected chi connectivity index (χ3v) is 2.78. The van der Waals surface area contributed by atoms with E-state index >= 15 is 0 Å². The molecule has 1 fully saturated rings. The Morgan fingerprint density at radius 1 is 1.73 bits per heavy atom. The zero-order chi connectivity index (χ0) is 10.8. The van der Waals surface area contributed by atoms with Crippen LogP contribution in [-0.4, -0.2) is 21.7 Å². The van der Waals surface area contributed by atoms with E-state index in [0.29, 0.717) is 24.1 Å². The van der Waals surface area contributed by atoms with Gasteiger partial charge in [-0.25, -0.2) is 4.68 Å². The normalized spacial score (nSPS) is 16.1. The lowest BCUT2D eigenvalue weighted by atomic mass is 9.93. The molecule has 2 rings (SSSR count). The highest BCUT2D eigenvalue weighted by molar-refractivity contribution is 5.93. The molecule has 0 spiro atoms. The van der Waals surface area contributed by atoms with Gasteiger partial charge in [-0.3, -0.25) is 4.79 Å². The maximum atomic E-state index is 11.7. The van der Waals surface area contributed by atoms with Gasteiger partial charge in [0.15, 0.2) is 5.69 Å². The fraction of sp³-hybridized carbons (Fsp3) is 0.600. The number of carbonyl (C=O) groups is 1. The number of aromatic nitrogens is 2. The molecule has 1 aliphatic carbocycles. The Hall–Kier alpha value is -1.52. The van der Waals surface area contributed by atoms with Crippen LogP contribution < -0.4 is 11.1 Å². The predicted octanol–water partition coefficient (Wildman–Crippen LogP) is 0.767. The van der Waals surface area contributed by atoms with Crippen LogP contribution in [0, 0.1) is 0 Å². The van der Waals surface area contributed by atoms with Crippen LogP contribution in [0.2, 0.25) is 0 Å². The van der Waals surface area contributed by atoms with Crippen LogP contribution in [0.25, 0.3) is 0 Å². The topological polar surface area (TPSA) is 72.9 Å². The van der Waals surface area contributed by atoms with Crippen LogP contribution >= 0.6 is 0 Å². The van der Waals surface area contributed by atoms with E-state index in [9.17, 15) is 4.79 Å². The van der Waals surface area contributed by atoms with Crippen molar-refractivity contribution in [2.45, 2.75) is 38.8 Å². The van der Waals surface area contributed by atoms with Crippen LogP contribution in [0.1, 0.15) is 36.7 Å². The van der Waals surface area contributed by atoms with E-state index in [-0.39, 0.29) is 5.91 Å². The molecule has 15 heavy (non-hydrogen) atoms. The minimum atomic E-state index is -0.112. The summed E-state index contributed by atoms with van der Waals surface area (Å²) < 4.78 is 1.62. The molecule has 0 saturated heterocycles. The molecule has 0 atom stereocenters. The van der Waals surface area contributed by atoms with Gasteiger partial charge in [0.2, 0.25) is 0 Å². The molecule has 1 aromatic rings. The molecule has 1 saturated carbocycles. The number of nitrogens with two attached hydrogens (primary N) is 1. The average Bonchev–Trinajstić information content (AvgIpc) is 2.53. The number of amides is 1. The summed E-state index contributed by atoms with van der Waals surface area (Å²) in [5.74, 6) is 0.426. The van der Waals surface area contributed by atoms with Crippen molar-refractivity contribution < 1.29 is 4.79 Å². The number of carbonyl (C=O) groups excluding carboxylic acids is 1. The van der Waals surface area contributed by atoms with Crippen molar-refractivity contribution in [1.82, 2.24) is 15.1 Å². The maximum Gasteiger partial charge on any atom is 0.272 e. The van der Waals surface area contributed by atoms with Gasteiger partial charge in [0.25, 0.3) is 5.91 Å². The third kappa shape index (κ3) is 1.95. The van der Waals surface area contributed by atoms with E-state index in [1.54, 1.807) is 10.7 Å². The van der Waals surface area contributed by atoms with Crippen molar-refractivity contribution in [3.05, 3.63) is 11.8 Å². The minimum Gasteiger partial charge on any atom is -0.384 e. The second kappa shape index (κ2) is 3.92. The molecule has 1 amide bonds. The maximum absolute atomic E-state index is 11.7. The largest absolute Gasteiger partial charge is 0.384 e. The summed E-state index contributed by atoms with van der Waals surface area (Å²) in [6.07, 6.45) is 3.36. The van der Waals surface area contributed by atoms with Crippen molar-refractivity contribution in [2.75, 3.05) is 5.73 Å². The Morgan fingerprint density at radius 3 is 2.93 bits per heavy atom. The van der Waals surface area contributed by atoms with E-state index in [2.05, 4.69) is 10.4 Å². The van der Waals surface area contributed by atoms with Gasteiger partial charge < -0.3 is 11.1 Å². The van der Waals surface area contributed by atoms with Crippen molar-refractivity contribution >= 4 is 11.7 Å². The molecule has 0 unspecified atom stereocenters. The fourth-order valence-electron chi connectivity index (χ4n) is 1.61. The first-order chi connectivity index (χ1) is 7.20. The van der Waals surface area contributed by atoms with Crippen LogP contribution in [0.4, 0.5) is 5.82 Å². The molecule has 82 valence electrons. The first-order valence-corrected chi connectivity index (χ1v) is 5.35. The molecular weight excluding hydrogens is 192 g/mol. The van der Waals surface area contributed by atoms with Gasteiger partial charge in [0.1, 0.15) is 5.82 Å². The van der Waals surface area contributed by atoms with Gasteiger partial charge in [-0.2, -0.15) is 5.10 Å². The molecule has 5 heteroatoms. The monoisotopic (exact) mass is 208 g/mol. The summed E-state index contributed by atoms with van der Waals surface area (Å²) in [7, 11) is 0. The smallest absolute Gasteiger partial charge is 0.272 e. The SMILES string of the molecule is CCn1nc(C(=O)NC2CCC2)cc1N. The van der Waals surface area contributed by atoms with E-state index in [0.717, 1.165) is 12.8 Å². The summed E-state index contributed by atoms with van der Waals surface area (Å²) in [6.45, 7) is 2.62. The summed E-state index contributed by atoms with van der Waals surface area (Å²) in [6, 6.07) is 1.96. The zero-order valence-electron chi connectivity index (χ0n) is 8.86. The quantitative estimate of drug-likeness (QED) is 0.770. The predicted molar refractivity (Wildman–Crippen MR) is 57.4 cm³/mol. The second-order valence-corrected chi connectivity index (χ2v) is 3.87. The van der Waals surface area contributed by atoms with E-state index < -0.39 is 0 Å². The molecule has 1 aromatic heterocycles. The van der Waals surface area contributed by atoms with E-state index in [4.69, 9.17) is 5.73 Å². The van der Waals surface area contributed by atoms with Gasteiger partial charge in [0, 0.05) is 18.7 Å². The summed E-state index contributed by atoms with van der Waals surface area (Å²) >= 11 is 0. The first-order valence-electron chi connectivity index (χ1n) is 5.35. The van der Waals surface area contributed by atoms with Crippen molar-refractivity contribution in [3.63, 3.8) is 0 Å². The fourth-order valence-corrected chi connectivity index (χ4v) is 1.61. The second-order valence-electron chi connectivity index (χ2n) is 3.87. The highest BCUT2D eigenvalue weighted by Crippen LogP contribution is 2.18. The van der Waals surface area contributed by atoms with E-state index in [1.165, 1.54) is 6.42 Å². The summed E-state index contributed by atoms with van der Waals surface area (Å²) in [5, 5.41) is 7.05. The van der Waals surface area contributed by atoms with Gasteiger partial charge >= 0.3 is 0 Å². The molecule has 0 bridgehead atoms. The molecule has 0 radical (unpaired) electrons. The standard InChI is InChI=1S/C10H16N4O/c1-2-14-9(11)6-8(13-14)10(15)12-7-4-3-5-7/h6-7H,2-5,11H2,1H3,(H,12,15). The Labute approximate surface area is 88.6 Å². The molecule has 0 aliphatic heterocycles. The average molecular weight is 208 g/mol. The lowest BCUT2D eigenvalue weighted by Gasteiger charge is -2.25. The minimum absolute atomic E-state index is 0.112. The molecule has 1 heterocycles. The number of rotatable bonds is 3. The number of hydrogen-bond donors (Lipinski definition) is 2. The molecule has 0 aromatic carbocycles. The lowest BCUT2D eigenvalue weighted by Crippen LogP contribution is -2.39. The Kier molecular flexibility index (Phi) is 2.62. The van der Waals surface area contributed by atoms with Crippen LogP contribution in [-0.2, 0) is 6.54 Å². The van der Waals surface area contributed by atoms with Crippen LogP contribution in [0.15, 0.2) is 6.07 Å². The molecule has 3 N–H and O–H groups in total. The van der Waals surface area contributed by atoms with Crippen molar-refractivity contribution in [1.29, 1.82) is 0 Å². The highest BCUT2D eigenvalue weighted by atomic mass is 16.2. The van der Waals surface area contributed by atoms with Gasteiger partial charge in [-0.1, -0.05) is 0 Å². The van der Waals surface area contributed by atoms with Crippen LogP contribution in [0.3, 0.4) is 0 Å². The number of aryl methyl sites for hydroxylation is 1. The third-order valence-electron chi connectivity index (χ3n) is 2.78. The first kappa shape index (κ1) is 10.0. The van der Waals surface area contributed by atoms with Gasteiger partial charge in [0.05, 0.1) is 0 Å². The number of nitrogens with zero attached hydrogens (tertiary/aromatic N) is 2. The molecule has 5 nitrogen and oxygen atoms in total. The van der Waals surface area contributed by atoms with Crippen molar-refractivity contribution in [2.24, 2.45) is 0 Å². The Balaban J connectivity index is 2.04. The molecular formula is C10H16N4O. The highest BCUT2D eigenvalue weighted by Gasteiger charge is 2.21. The lowest BCUT2D eigenvalue weighted by molar-refractivity contribution is 0.0911. The number of nitrogens with one attached hydrogen (secondary N) is 1. The van der Waals surface area contributed by atoms with Crippen LogP contribution in [0.5, 0.6) is 0 Å². The van der Waals surface area contributed by atoms with Gasteiger partial charge in [-0.05, 0) is 26.2 Å². The van der Waals surface area contributed by atoms with Gasteiger partial charge in [-0.15, -0.1) is 0 Å². The number of anilines is 1. The van der Waals surface area contributed by atoms with E-state index in [1.807, 2.05) is 6.92 Å². The Morgan fingerprint density at radius 2 is 2.47 bits per heavy atom. The summed E-state index contributed by atoms with van der Waals surface area (Å²) in [4.78, 5) is 11.7. The number of nitrogen functional groups attached to an aromatic ring is 1. The zero-order valence-corrected chi connectivity index (χ0v) is 8.86. The van der Waals surface area contributed by atoms with Crippen molar-refractivity contribution in [3.8, 4) is 0 Å².